The molecule has 6 nitrogen and oxygen atoms in total. The zero-order valence-corrected chi connectivity index (χ0v) is 21.9. The molecule has 2 aromatic rings. The van der Waals surface area contributed by atoms with E-state index in [0.29, 0.717) is 11.8 Å². The first-order valence-electron chi connectivity index (χ1n) is 14.3. The normalized spacial score (nSPS) is 38.4. The molecule has 4 aliphatic carbocycles. The van der Waals surface area contributed by atoms with Crippen LogP contribution < -0.4 is 10.1 Å². The van der Waals surface area contributed by atoms with Crippen molar-refractivity contribution in [2.75, 3.05) is 20.2 Å². The fourth-order valence-corrected chi connectivity index (χ4v) is 9.19. The Kier molecular flexibility index (Phi) is 5.72. The summed E-state index contributed by atoms with van der Waals surface area (Å²) in [5.74, 6) is 4.21. The van der Waals surface area contributed by atoms with Crippen molar-refractivity contribution < 1.29 is 14.3 Å². The highest BCUT2D eigenvalue weighted by atomic mass is 16.6. The second-order valence-electron chi connectivity index (χ2n) is 12.7. The number of hydrogen-bond donors (Lipinski definition) is 1. The minimum atomic E-state index is -0.361. The number of carbonyl (C=O) groups excluding carboxylic acids is 1. The molecular weight excluding hydrogens is 462 g/mol. The number of alkyl carbamates (subject to hydrolysis) is 1. The van der Waals surface area contributed by atoms with E-state index in [0.717, 1.165) is 78.7 Å². The summed E-state index contributed by atoms with van der Waals surface area (Å²) in [6.07, 6.45) is 13.0. The van der Waals surface area contributed by atoms with Gasteiger partial charge in [0.05, 0.1) is 18.7 Å². The lowest BCUT2D eigenvalue weighted by Crippen LogP contribution is -2.60. The summed E-state index contributed by atoms with van der Waals surface area (Å²) in [6.45, 7) is 6.13. The van der Waals surface area contributed by atoms with Gasteiger partial charge in [0.25, 0.3) is 0 Å². The van der Waals surface area contributed by atoms with E-state index >= 15 is 0 Å². The second-order valence-corrected chi connectivity index (χ2v) is 12.7. The zero-order chi connectivity index (χ0) is 25.1. The Hall–Kier alpha value is -2.60. The van der Waals surface area contributed by atoms with Gasteiger partial charge >= 0.3 is 6.09 Å². The number of pyridine rings is 1. The van der Waals surface area contributed by atoms with Crippen molar-refractivity contribution in [3.63, 3.8) is 0 Å². The van der Waals surface area contributed by atoms with Crippen molar-refractivity contribution in [1.82, 2.24) is 15.2 Å². The van der Waals surface area contributed by atoms with Gasteiger partial charge in [-0.1, -0.05) is 6.08 Å². The van der Waals surface area contributed by atoms with E-state index in [2.05, 4.69) is 27.9 Å². The Balaban J connectivity index is 1.21. The number of nitrogens with one attached hydrogen (secondary N) is 1. The molecule has 4 saturated carbocycles. The van der Waals surface area contributed by atoms with Crippen LogP contribution in [0.4, 0.5) is 4.79 Å². The summed E-state index contributed by atoms with van der Waals surface area (Å²) in [6, 6.07) is 8.15. The topological polar surface area (TPSA) is 63.7 Å². The second kappa shape index (κ2) is 9.00. The highest BCUT2D eigenvalue weighted by molar-refractivity contribution is 5.84. The number of aromatic nitrogens is 1. The van der Waals surface area contributed by atoms with E-state index in [9.17, 15) is 4.79 Å². The standard InChI is InChI=1S/C31H39N3O3/c1-3-22-18-34-9-7-23(22)13-28(34)29(25-6-8-32-27-5-4-24(36-2)14-26(25)27)37-30(35)33-31-15-19-10-20(16-31)12-21(11-19)17-31/h3-6,8,14,19-23,28-29H,1,7,9-13,15-18H2,2H3,(H,33,35)/t19?,20?,21?,22?,23?,28?,29-,31?/m1/s1. The zero-order valence-electron chi connectivity index (χ0n) is 21.9. The summed E-state index contributed by atoms with van der Waals surface area (Å²) in [7, 11) is 1.69. The minimum absolute atomic E-state index is 0.0697. The molecule has 7 aliphatic rings. The van der Waals surface area contributed by atoms with E-state index in [-0.39, 0.29) is 23.8 Å². The lowest BCUT2D eigenvalue weighted by molar-refractivity contribution is -0.0580. The molecule has 0 radical (unpaired) electrons. The van der Waals surface area contributed by atoms with Crippen LogP contribution in [0.5, 0.6) is 5.75 Å². The predicted molar refractivity (Wildman–Crippen MR) is 143 cm³/mol. The van der Waals surface area contributed by atoms with Crippen LogP contribution in [-0.2, 0) is 4.74 Å². The smallest absolute Gasteiger partial charge is 0.408 e. The highest BCUT2D eigenvalue weighted by Gasteiger charge is 2.52. The Morgan fingerprint density at radius 2 is 1.92 bits per heavy atom. The molecule has 3 saturated heterocycles. The molecule has 37 heavy (non-hydrogen) atoms. The molecule has 6 bridgehead atoms. The van der Waals surface area contributed by atoms with E-state index in [1.165, 1.54) is 25.7 Å². The minimum Gasteiger partial charge on any atom is -0.497 e. The van der Waals surface area contributed by atoms with Crippen LogP contribution >= 0.6 is 0 Å². The summed E-state index contributed by atoms with van der Waals surface area (Å²) < 4.78 is 12.1. The van der Waals surface area contributed by atoms with Gasteiger partial charge in [0, 0.05) is 29.2 Å². The largest absolute Gasteiger partial charge is 0.497 e. The molecule has 0 spiro atoms. The quantitative estimate of drug-likeness (QED) is 0.501. The van der Waals surface area contributed by atoms with E-state index in [1.54, 1.807) is 7.11 Å². The maximum Gasteiger partial charge on any atom is 0.408 e. The van der Waals surface area contributed by atoms with Gasteiger partial charge in [0.1, 0.15) is 11.9 Å². The average molecular weight is 502 g/mol. The first kappa shape index (κ1) is 23.5. The van der Waals surface area contributed by atoms with Gasteiger partial charge in [0.2, 0.25) is 0 Å². The SMILES string of the molecule is C=CC1CN2CCC1CC2[C@H](OC(=O)NC12CC3CC(CC(C3)C1)C2)c1ccnc2ccc(OC)cc12. The first-order valence-corrected chi connectivity index (χ1v) is 14.3. The number of methoxy groups -OCH3 is 1. The number of carbonyl (C=O) groups is 1. The highest BCUT2D eigenvalue weighted by Crippen LogP contribution is 2.55. The Bertz CT molecular complexity index is 1180. The van der Waals surface area contributed by atoms with Crippen molar-refractivity contribution in [2.24, 2.45) is 29.6 Å². The van der Waals surface area contributed by atoms with Crippen LogP contribution in [0, 0.1) is 29.6 Å². The van der Waals surface area contributed by atoms with Crippen molar-refractivity contribution in [2.45, 2.75) is 69.1 Å². The van der Waals surface area contributed by atoms with Crippen LogP contribution in [0.2, 0.25) is 0 Å². The number of fused-ring (bicyclic) bond motifs is 4. The van der Waals surface area contributed by atoms with E-state index < -0.39 is 0 Å². The summed E-state index contributed by atoms with van der Waals surface area (Å²) >= 11 is 0. The van der Waals surface area contributed by atoms with Gasteiger partial charge in [0.15, 0.2) is 0 Å². The molecule has 1 aromatic heterocycles. The number of amides is 1. The van der Waals surface area contributed by atoms with Crippen LogP contribution in [0.3, 0.4) is 0 Å². The Morgan fingerprint density at radius 3 is 2.57 bits per heavy atom. The molecule has 1 N–H and O–H groups in total. The summed E-state index contributed by atoms with van der Waals surface area (Å²) in [5, 5.41) is 4.46. The first-order chi connectivity index (χ1) is 18.0. The molecule has 3 aliphatic heterocycles. The molecule has 1 amide bonds. The van der Waals surface area contributed by atoms with Gasteiger partial charge in [-0.05, 0) is 112 Å². The molecule has 9 rings (SSSR count). The molecule has 4 unspecified atom stereocenters. The molecule has 5 atom stereocenters. The number of ether oxygens (including phenoxy) is 2. The van der Waals surface area contributed by atoms with E-state index in [4.69, 9.17) is 9.47 Å². The molecule has 1 aromatic carbocycles. The van der Waals surface area contributed by atoms with Crippen LogP contribution in [0.25, 0.3) is 10.9 Å². The van der Waals surface area contributed by atoms with Crippen LogP contribution in [0.15, 0.2) is 43.1 Å². The number of nitrogens with zero attached hydrogens (tertiary/aromatic N) is 2. The molecule has 4 heterocycles. The van der Waals surface area contributed by atoms with Gasteiger partial charge in [-0.25, -0.2) is 4.79 Å². The molecule has 196 valence electrons. The number of rotatable bonds is 6. The van der Waals surface area contributed by atoms with Crippen LogP contribution in [0.1, 0.15) is 63.0 Å². The monoisotopic (exact) mass is 501 g/mol. The summed E-state index contributed by atoms with van der Waals surface area (Å²) in [4.78, 5) is 20.9. The maximum absolute atomic E-state index is 13.7. The summed E-state index contributed by atoms with van der Waals surface area (Å²) in [5.41, 5.74) is 1.85. The number of hydrogen-bond acceptors (Lipinski definition) is 5. The average Bonchev–Trinajstić information content (AvgIpc) is 2.90. The molecular formula is C31H39N3O3. The van der Waals surface area contributed by atoms with Gasteiger partial charge in [-0.3, -0.25) is 9.88 Å². The fourth-order valence-electron chi connectivity index (χ4n) is 9.19. The van der Waals surface area contributed by atoms with E-state index in [1.807, 2.05) is 30.5 Å². The predicted octanol–water partition coefficient (Wildman–Crippen LogP) is 5.88. The third-order valence-electron chi connectivity index (χ3n) is 10.4. The van der Waals surface area contributed by atoms with Crippen molar-refractivity contribution >= 4 is 17.0 Å². The van der Waals surface area contributed by atoms with Gasteiger partial charge < -0.3 is 14.8 Å². The van der Waals surface area contributed by atoms with Gasteiger partial charge in [-0.15, -0.1) is 6.58 Å². The molecule has 6 heteroatoms. The maximum atomic E-state index is 13.7. The van der Waals surface area contributed by atoms with Gasteiger partial charge in [-0.2, -0.15) is 0 Å². The third-order valence-corrected chi connectivity index (χ3v) is 10.4. The van der Waals surface area contributed by atoms with Crippen molar-refractivity contribution in [3.8, 4) is 5.75 Å². The number of piperidine rings is 3. The van der Waals surface area contributed by atoms with Crippen molar-refractivity contribution in [3.05, 3.63) is 48.7 Å². The number of benzene rings is 1. The van der Waals surface area contributed by atoms with Crippen molar-refractivity contribution in [1.29, 1.82) is 0 Å². The Labute approximate surface area is 219 Å². The molecule has 7 fully saturated rings. The fraction of sp³-hybridized carbons (Fsp3) is 0.613. The van der Waals surface area contributed by atoms with Crippen LogP contribution in [-0.4, -0.2) is 47.8 Å². The Morgan fingerprint density at radius 1 is 1.16 bits per heavy atom. The lowest BCUT2D eigenvalue weighted by atomic mass is 9.53. The third kappa shape index (κ3) is 4.12. The lowest BCUT2D eigenvalue weighted by Gasteiger charge is -2.56.